The summed E-state index contributed by atoms with van der Waals surface area (Å²) in [5, 5.41) is 7.79. The first kappa shape index (κ1) is 18.7. The Bertz CT molecular complexity index is 1210. The Morgan fingerprint density at radius 1 is 1.10 bits per heavy atom. The average Bonchev–Trinajstić information content (AvgIpc) is 3.18. The van der Waals surface area contributed by atoms with Crippen molar-refractivity contribution in [2.75, 3.05) is 6.54 Å². The lowest BCUT2D eigenvalue weighted by atomic mass is 10.1. The van der Waals surface area contributed by atoms with E-state index in [4.69, 9.17) is 4.52 Å². The van der Waals surface area contributed by atoms with Crippen LogP contribution in [0, 0.1) is 6.92 Å². The van der Waals surface area contributed by atoms with Gasteiger partial charge >= 0.3 is 0 Å². The Balaban J connectivity index is 1.35. The summed E-state index contributed by atoms with van der Waals surface area (Å²) >= 11 is 0. The zero-order chi connectivity index (χ0) is 20.2. The highest BCUT2D eigenvalue weighted by molar-refractivity contribution is 5.80. The van der Waals surface area contributed by atoms with Gasteiger partial charge in [-0.15, -0.1) is 0 Å². The zero-order valence-corrected chi connectivity index (χ0v) is 16.1. The Kier molecular flexibility index (Phi) is 5.24. The smallest absolute Gasteiger partial charge is 0.251 e. The van der Waals surface area contributed by atoms with Crippen molar-refractivity contribution in [3.8, 4) is 11.3 Å². The number of aryl methyl sites for hydroxylation is 1. The van der Waals surface area contributed by atoms with Crippen LogP contribution in [-0.4, -0.2) is 22.6 Å². The van der Waals surface area contributed by atoms with Crippen LogP contribution in [0.5, 0.6) is 0 Å². The number of carbonyl (C=O) groups is 1. The number of pyridine rings is 1. The van der Waals surface area contributed by atoms with Crippen molar-refractivity contribution in [3.05, 3.63) is 87.8 Å². The first-order valence-corrected chi connectivity index (χ1v) is 9.49. The largest absolute Gasteiger partial charge is 0.356 e. The SMILES string of the molecule is Cc1ccc2[nH]c(=O)c(CCNC(=O)Cc3cc(-c4ccccc4)on3)cc2c1. The lowest BCUT2D eigenvalue weighted by molar-refractivity contribution is -0.120. The quantitative estimate of drug-likeness (QED) is 0.531. The summed E-state index contributed by atoms with van der Waals surface area (Å²) in [6, 6.07) is 19.2. The molecule has 2 N–H and O–H groups in total. The van der Waals surface area contributed by atoms with E-state index in [1.807, 2.05) is 61.5 Å². The van der Waals surface area contributed by atoms with Crippen molar-refractivity contribution in [2.24, 2.45) is 0 Å². The first-order chi connectivity index (χ1) is 14.1. The van der Waals surface area contributed by atoms with Crippen molar-refractivity contribution in [3.63, 3.8) is 0 Å². The minimum Gasteiger partial charge on any atom is -0.356 e. The molecule has 6 heteroatoms. The maximum atomic E-state index is 12.2. The number of rotatable bonds is 6. The molecular formula is C23H21N3O3. The number of nitrogens with one attached hydrogen (secondary N) is 2. The number of aromatic amines is 1. The summed E-state index contributed by atoms with van der Waals surface area (Å²) in [6.45, 7) is 2.39. The molecule has 29 heavy (non-hydrogen) atoms. The van der Waals surface area contributed by atoms with E-state index in [9.17, 15) is 9.59 Å². The van der Waals surface area contributed by atoms with E-state index in [1.54, 1.807) is 6.07 Å². The van der Waals surface area contributed by atoms with Crippen LogP contribution in [0.3, 0.4) is 0 Å². The minimum absolute atomic E-state index is 0.125. The number of fused-ring (bicyclic) bond motifs is 1. The number of hydrogen-bond acceptors (Lipinski definition) is 4. The molecule has 4 aromatic rings. The summed E-state index contributed by atoms with van der Waals surface area (Å²) < 4.78 is 5.32. The van der Waals surface area contributed by atoms with Crippen molar-refractivity contribution < 1.29 is 9.32 Å². The van der Waals surface area contributed by atoms with Gasteiger partial charge in [-0.25, -0.2) is 0 Å². The van der Waals surface area contributed by atoms with Gasteiger partial charge in [-0.05, 0) is 36.9 Å². The van der Waals surface area contributed by atoms with Crippen LogP contribution in [0.1, 0.15) is 16.8 Å². The second kappa shape index (κ2) is 8.14. The molecule has 0 bridgehead atoms. The second-order valence-electron chi connectivity index (χ2n) is 7.04. The molecule has 4 rings (SSSR count). The summed E-state index contributed by atoms with van der Waals surface area (Å²) in [5.41, 5.74) is 3.95. The fourth-order valence-corrected chi connectivity index (χ4v) is 3.25. The molecule has 0 saturated carbocycles. The van der Waals surface area contributed by atoms with Gasteiger partial charge in [0, 0.05) is 29.3 Å². The van der Waals surface area contributed by atoms with Crippen molar-refractivity contribution >= 4 is 16.8 Å². The van der Waals surface area contributed by atoms with Gasteiger partial charge in [-0.1, -0.05) is 47.1 Å². The molecule has 2 aromatic carbocycles. The van der Waals surface area contributed by atoms with Crippen LogP contribution in [-0.2, 0) is 17.6 Å². The van der Waals surface area contributed by atoms with Crippen LogP contribution in [0.4, 0.5) is 0 Å². The number of hydrogen-bond donors (Lipinski definition) is 2. The molecule has 146 valence electrons. The standard InChI is InChI=1S/C23H21N3O3/c1-15-7-8-20-18(11-15)12-17(23(28)25-20)9-10-24-22(27)14-19-13-21(29-26-19)16-5-3-2-4-6-16/h2-8,11-13H,9-10,14H2,1H3,(H,24,27)(H,25,28). The van der Waals surface area contributed by atoms with Gasteiger partial charge < -0.3 is 14.8 Å². The molecule has 6 nitrogen and oxygen atoms in total. The van der Waals surface area contributed by atoms with Gasteiger partial charge in [0.05, 0.1) is 12.1 Å². The Morgan fingerprint density at radius 3 is 2.76 bits per heavy atom. The highest BCUT2D eigenvalue weighted by Gasteiger charge is 2.11. The first-order valence-electron chi connectivity index (χ1n) is 9.49. The van der Waals surface area contributed by atoms with E-state index >= 15 is 0 Å². The third-order valence-corrected chi connectivity index (χ3v) is 4.75. The lowest BCUT2D eigenvalue weighted by Gasteiger charge is -2.06. The molecule has 0 fully saturated rings. The maximum Gasteiger partial charge on any atom is 0.251 e. The third kappa shape index (κ3) is 4.43. The van der Waals surface area contributed by atoms with Gasteiger partial charge in [-0.2, -0.15) is 0 Å². The number of amides is 1. The van der Waals surface area contributed by atoms with Crippen LogP contribution < -0.4 is 10.9 Å². The predicted molar refractivity (Wildman–Crippen MR) is 112 cm³/mol. The van der Waals surface area contributed by atoms with Gasteiger partial charge in [-0.3, -0.25) is 9.59 Å². The normalized spacial score (nSPS) is 10.9. The molecule has 2 aromatic heterocycles. The van der Waals surface area contributed by atoms with E-state index in [2.05, 4.69) is 15.5 Å². The summed E-state index contributed by atoms with van der Waals surface area (Å²) in [4.78, 5) is 27.3. The number of carbonyl (C=O) groups excluding carboxylic acids is 1. The Hall–Kier alpha value is -3.67. The third-order valence-electron chi connectivity index (χ3n) is 4.75. The molecule has 0 radical (unpaired) electrons. The van der Waals surface area contributed by atoms with Crippen molar-refractivity contribution in [2.45, 2.75) is 19.8 Å². The molecular weight excluding hydrogens is 366 g/mol. The van der Waals surface area contributed by atoms with Gasteiger partial charge in [0.1, 0.15) is 0 Å². The predicted octanol–water partition coefficient (Wildman–Crippen LogP) is 3.39. The van der Waals surface area contributed by atoms with Crippen molar-refractivity contribution in [1.29, 1.82) is 0 Å². The fourth-order valence-electron chi connectivity index (χ4n) is 3.25. The molecule has 1 amide bonds. The molecule has 0 unspecified atom stereocenters. The van der Waals surface area contributed by atoms with Gasteiger partial charge in [0.2, 0.25) is 5.91 Å². The van der Waals surface area contributed by atoms with E-state index in [0.717, 1.165) is 22.0 Å². The zero-order valence-electron chi connectivity index (χ0n) is 16.1. The van der Waals surface area contributed by atoms with E-state index in [0.29, 0.717) is 30.0 Å². The van der Waals surface area contributed by atoms with E-state index < -0.39 is 0 Å². The number of H-pyrrole nitrogens is 1. The highest BCUT2D eigenvalue weighted by Crippen LogP contribution is 2.19. The van der Waals surface area contributed by atoms with Crippen LogP contribution in [0.15, 0.2) is 70.0 Å². The summed E-state index contributed by atoms with van der Waals surface area (Å²) in [5.74, 6) is 0.470. The summed E-state index contributed by atoms with van der Waals surface area (Å²) in [7, 11) is 0. The van der Waals surface area contributed by atoms with Crippen molar-refractivity contribution in [1.82, 2.24) is 15.5 Å². The maximum absolute atomic E-state index is 12.2. The molecule has 0 aliphatic heterocycles. The van der Waals surface area contributed by atoms with Crippen LogP contribution >= 0.6 is 0 Å². The monoisotopic (exact) mass is 387 g/mol. The Labute approximate surface area is 167 Å². The molecule has 0 atom stereocenters. The minimum atomic E-state index is -0.161. The average molecular weight is 387 g/mol. The van der Waals surface area contributed by atoms with E-state index in [-0.39, 0.29) is 17.9 Å². The van der Waals surface area contributed by atoms with Gasteiger partial charge in [0.15, 0.2) is 5.76 Å². The molecule has 2 heterocycles. The van der Waals surface area contributed by atoms with Gasteiger partial charge in [0.25, 0.3) is 5.56 Å². The lowest BCUT2D eigenvalue weighted by Crippen LogP contribution is -2.28. The molecule has 0 spiro atoms. The highest BCUT2D eigenvalue weighted by atomic mass is 16.5. The number of nitrogens with zero attached hydrogens (tertiary/aromatic N) is 1. The molecule has 0 aliphatic carbocycles. The Morgan fingerprint density at radius 2 is 1.93 bits per heavy atom. The topological polar surface area (TPSA) is 88.0 Å². The molecule has 0 saturated heterocycles. The summed E-state index contributed by atoms with van der Waals surface area (Å²) in [6.07, 6.45) is 0.586. The van der Waals surface area contributed by atoms with Crippen LogP contribution in [0.25, 0.3) is 22.2 Å². The number of aromatic nitrogens is 2. The molecule has 0 aliphatic rings. The fraction of sp³-hybridized carbons (Fsp3) is 0.174. The van der Waals surface area contributed by atoms with Crippen LogP contribution in [0.2, 0.25) is 0 Å². The second-order valence-corrected chi connectivity index (χ2v) is 7.04. The van der Waals surface area contributed by atoms with E-state index in [1.165, 1.54) is 0 Å². The number of benzene rings is 2.